The van der Waals surface area contributed by atoms with Crippen LogP contribution < -0.4 is 21.3 Å². The van der Waals surface area contributed by atoms with E-state index in [9.17, 15) is 4.79 Å². The lowest BCUT2D eigenvalue weighted by Crippen LogP contribution is -2.33. The lowest BCUT2D eigenvalue weighted by molar-refractivity contribution is -0.118. The number of amides is 1. The first-order chi connectivity index (χ1) is 10.1. The van der Waals surface area contributed by atoms with Crippen LogP contribution in [0, 0.1) is 0 Å². The van der Waals surface area contributed by atoms with Crippen LogP contribution in [0.3, 0.4) is 0 Å². The van der Waals surface area contributed by atoms with E-state index in [0.717, 1.165) is 38.9 Å². The monoisotopic (exact) mass is 293 g/mol. The first kappa shape index (κ1) is 15.3. The normalized spacial score (nSPS) is 15.8. The number of aromatic nitrogens is 3. The van der Waals surface area contributed by atoms with Crippen molar-refractivity contribution in [2.75, 3.05) is 35.2 Å². The largest absolute Gasteiger partial charge is 0.368 e. The van der Waals surface area contributed by atoms with Crippen molar-refractivity contribution in [3.05, 3.63) is 0 Å². The van der Waals surface area contributed by atoms with Crippen molar-refractivity contribution in [3.63, 3.8) is 0 Å². The molecular weight excluding hydrogens is 270 g/mol. The summed E-state index contributed by atoms with van der Waals surface area (Å²) in [5.74, 6) is 1.09. The summed E-state index contributed by atoms with van der Waals surface area (Å²) in [5.41, 5.74) is 5.26. The molecule has 0 radical (unpaired) electrons. The SMILES string of the molecule is CCCNc1nc(NC(C)C(N)=O)nc(N2CCCC2)n1. The smallest absolute Gasteiger partial charge is 0.239 e. The molecule has 2 heterocycles. The second-order valence-corrected chi connectivity index (χ2v) is 5.17. The molecule has 1 aromatic heterocycles. The highest BCUT2D eigenvalue weighted by molar-refractivity contribution is 5.81. The lowest BCUT2D eigenvalue weighted by Gasteiger charge is -2.18. The van der Waals surface area contributed by atoms with E-state index in [-0.39, 0.29) is 0 Å². The van der Waals surface area contributed by atoms with Crippen LogP contribution in [0.5, 0.6) is 0 Å². The van der Waals surface area contributed by atoms with Gasteiger partial charge in [0.25, 0.3) is 0 Å². The van der Waals surface area contributed by atoms with Crippen LogP contribution in [0.15, 0.2) is 0 Å². The molecule has 0 spiro atoms. The third-order valence-electron chi connectivity index (χ3n) is 3.32. The lowest BCUT2D eigenvalue weighted by atomic mass is 10.3. The van der Waals surface area contributed by atoms with Crippen molar-refractivity contribution < 1.29 is 4.79 Å². The molecule has 1 aromatic rings. The van der Waals surface area contributed by atoms with Gasteiger partial charge in [-0.05, 0) is 26.2 Å². The maximum absolute atomic E-state index is 11.2. The summed E-state index contributed by atoms with van der Waals surface area (Å²) in [5, 5.41) is 6.07. The van der Waals surface area contributed by atoms with Gasteiger partial charge in [0.1, 0.15) is 6.04 Å². The van der Waals surface area contributed by atoms with E-state index >= 15 is 0 Å². The summed E-state index contributed by atoms with van der Waals surface area (Å²) in [6, 6.07) is -0.530. The van der Waals surface area contributed by atoms with Gasteiger partial charge >= 0.3 is 0 Å². The summed E-state index contributed by atoms with van der Waals surface area (Å²) < 4.78 is 0. The number of anilines is 3. The van der Waals surface area contributed by atoms with Crippen LogP contribution in [0.4, 0.5) is 17.8 Å². The third-order valence-corrected chi connectivity index (χ3v) is 3.32. The molecular formula is C13H23N7O. The molecule has 1 saturated heterocycles. The quantitative estimate of drug-likeness (QED) is 0.674. The average Bonchev–Trinajstić information content (AvgIpc) is 2.99. The molecule has 8 heteroatoms. The number of nitrogens with two attached hydrogens (primary N) is 1. The van der Waals surface area contributed by atoms with Crippen LogP contribution in [0.25, 0.3) is 0 Å². The maximum Gasteiger partial charge on any atom is 0.239 e. The predicted molar refractivity (Wildman–Crippen MR) is 82.3 cm³/mol. The number of primary amides is 1. The minimum Gasteiger partial charge on any atom is -0.368 e. The van der Waals surface area contributed by atoms with Gasteiger partial charge < -0.3 is 21.3 Å². The fourth-order valence-electron chi connectivity index (χ4n) is 2.07. The van der Waals surface area contributed by atoms with E-state index in [2.05, 4.69) is 37.4 Å². The van der Waals surface area contributed by atoms with Gasteiger partial charge in [0.2, 0.25) is 23.8 Å². The Morgan fingerprint density at radius 1 is 1.29 bits per heavy atom. The fourth-order valence-corrected chi connectivity index (χ4v) is 2.07. The Morgan fingerprint density at radius 2 is 1.95 bits per heavy atom. The number of hydrogen-bond acceptors (Lipinski definition) is 7. The van der Waals surface area contributed by atoms with Gasteiger partial charge in [-0.25, -0.2) is 0 Å². The molecule has 0 saturated carbocycles. The average molecular weight is 293 g/mol. The number of carbonyl (C=O) groups excluding carboxylic acids is 1. The highest BCUT2D eigenvalue weighted by atomic mass is 16.1. The Morgan fingerprint density at radius 3 is 2.57 bits per heavy atom. The number of nitrogens with one attached hydrogen (secondary N) is 2. The zero-order chi connectivity index (χ0) is 15.2. The zero-order valence-corrected chi connectivity index (χ0v) is 12.6. The Labute approximate surface area is 124 Å². The first-order valence-corrected chi connectivity index (χ1v) is 7.41. The van der Waals surface area contributed by atoms with Crippen molar-refractivity contribution in [1.29, 1.82) is 0 Å². The molecule has 21 heavy (non-hydrogen) atoms. The van der Waals surface area contributed by atoms with Gasteiger partial charge in [0.05, 0.1) is 0 Å². The molecule has 116 valence electrons. The summed E-state index contributed by atoms with van der Waals surface area (Å²) in [7, 11) is 0. The Hall–Kier alpha value is -2.12. The topological polar surface area (TPSA) is 109 Å². The van der Waals surface area contributed by atoms with Crippen LogP contribution in [-0.4, -0.2) is 46.5 Å². The van der Waals surface area contributed by atoms with Gasteiger partial charge in [0, 0.05) is 19.6 Å². The summed E-state index contributed by atoms with van der Waals surface area (Å²) in [6.45, 7) is 6.43. The molecule has 1 unspecified atom stereocenters. The molecule has 1 aliphatic heterocycles. The summed E-state index contributed by atoms with van der Waals surface area (Å²) in [6.07, 6.45) is 3.26. The molecule has 8 nitrogen and oxygen atoms in total. The number of hydrogen-bond donors (Lipinski definition) is 3. The summed E-state index contributed by atoms with van der Waals surface area (Å²) >= 11 is 0. The van der Waals surface area contributed by atoms with Crippen molar-refractivity contribution in [1.82, 2.24) is 15.0 Å². The number of rotatable bonds is 7. The van der Waals surface area contributed by atoms with E-state index in [1.807, 2.05) is 0 Å². The third kappa shape index (κ3) is 4.17. The Kier molecular flexibility index (Phi) is 5.13. The second kappa shape index (κ2) is 7.05. The van der Waals surface area contributed by atoms with Gasteiger partial charge in [0.15, 0.2) is 0 Å². The van der Waals surface area contributed by atoms with Gasteiger partial charge in [-0.3, -0.25) is 4.79 Å². The van der Waals surface area contributed by atoms with E-state index in [0.29, 0.717) is 17.8 Å². The molecule has 0 aliphatic carbocycles. The van der Waals surface area contributed by atoms with E-state index in [1.165, 1.54) is 0 Å². The van der Waals surface area contributed by atoms with E-state index in [4.69, 9.17) is 5.73 Å². The molecule has 1 fully saturated rings. The van der Waals surface area contributed by atoms with Crippen LogP contribution in [0.1, 0.15) is 33.1 Å². The van der Waals surface area contributed by atoms with Gasteiger partial charge in [-0.15, -0.1) is 0 Å². The molecule has 2 rings (SSSR count). The standard InChI is InChI=1S/C13H23N7O/c1-3-6-15-11-17-12(16-9(2)10(14)21)19-13(18-11)20-7-4-5-8-20/h9H,3-8H2,1-2H3,(H2,14,21)(H2,15,16,17,18,19). The van der Waals surface area contributed by atoms with Crippen LogP contribution in [-0.2, 0) is 4.79 Å². The molecule has 0 bridgehead atoms. The van der Waals surface area contributed by atoms with E-state index in [1.54, 1.807) is 6.92 Å². The molecule has 1 amide bonds. The minimum absolute atomic E-state index is 0.372. The Balaban J connectivity index is 2.20. The second-order valence-electron chi connectivity index (χ2n) is 5.17. The predicted octanol–water partition coefficient (Wildman–Crippen LogP) is 0.579. The number of nitrogens with zero attached hydrogens (tertiary/aromatic N) is 4. The van der Waals surface area contributed by atoms with Crippen molar-refractivity contribution in [2.45, 2.75) is 39.2 Å². The Bertz CT molecular complexity index is 487. The van der Waals surface area contributed by atoms with Crippen molar-refractivity contribution in [2.24, 2.45) is 5.73 Å². The van der Waals surface area contributed by atoms with Crippen LogP contribution >= 0.6 is 0 Å². The fraction of sp³-hybridized carbons (Fsp3) is 0.692. The molecule has 1 atom stereocenters. The highest BCUT2D eigenvalue weighted by Gasteiger charge is 2.18. The zero-order valence-electron chi connectivity index (χ0n) is 12.6. The molecule has 4 N–H and O–H groups in total. The minimum atomic E-state index is -0.530. The highest BCUT2D eigenvalue weighted by Crippen LogP contribution is 2.18. The van der Waals surface area contributed by atoms with Gasteiger partial charge in [-0.1, -0.05) is 6.92 Å². The van der Waals surface area contributed by atoms with Crippen LogP contribution in [0.2, 0.25) is 0 Å². The van der Waals surface area contributed by atoms with Crippen molar-refractivity contribution >= 4 is 23.8 Å². The van der Waals surface area contributed by atoms with Crippen molar-refractivity contribution in [3.8, 4) is 0 Å². The first-order valence-electron chi connectivity index (χ1n) is 7.41. The molecule has 0 aromatic carbocycles. The molecule has 1 aliphatic rings. The number of carbonyl (C=O) groups is 1. The maximum atomic E-state index is 11.2. The van der Waals surface area contributed by atoms with Gasteiger partial charge in [-0.2, -0.15) is 15.0 Å². The van der Waals surface area contributed by atoms with E-state index < -0.39 is 11.9 Å². The summed E-state index contributed by atoms with van der Waals surface area (Å²) in [4.78, 5) is 26.4.